The van der Waals surface area contributed by atoms with Crippen LogP contribution < -0.4 is 5.32 Å². The maximum atomic E-state index is 12.5. The minimum absolute atomic E-state index is 0.0344. The highest BCUT2D eigenvalue weighted by molar-refractivity contribution is 14.1. The molecule has 0 radical (unpaired) electrons. The topological polar surface area (TPSA) is 78.0 Å². The van der Waals surface area contributed by atoms with Crippen LogP contribution in [-0.2, 0) is 6.42 Å². The van der Waals surface area contributed by atoms with E-state index in [2.05, 4.69) is 38.1 Å². The van der Waals surface area contributed by atoms with Crippen molar-refractivity contribution in [2.24, 2.45) is 0 Å². The van der Waals surface area contributed by atoms with Gasteiger partial charge in [-0.05, 0) is 66.0 Å². The molecular formula is C17H18IN3O2. The summed E-state index contributed by atoms with van der Waals surface area (Å²) in [5.41, 5.74) is 5.16. The van der Waals surface area contributed by atoms with Gasteiger partial charge in [-0.3, -0.25) is 9.89 Å². The molecule has 1 heterocycles. The van der Waals surface area contributed by atoms with Crippen LogP contribution >= 0.6 is 22.6 Å². The molecule has 1 aromatic heterocycles. The number of amides is 1. The van der Waals surface area contributed by atoms with Gasteiger partial charge in [-0.2, -0.15) is 5.10 Å². The van der Waals surface area contributed by atoms with Gasteiger partial charge in [-0.25, -0.2) is 0 Å². The van der Waals surface area contributed by atoms with Crippen molar-refractivity contribution in [2.45, 2.75) is 44.2 Å². The molecular weight excluding hydrogens is 405 g/mol. The highest BCUT2D eigenvalue weighted by Crippen LogP contribution is 2.37. The van der Waals surface area contributed by atoms with Crippen molar-refractivity contribution in [1.82, 2.24) is 15.5 Å². The number of aromatic nitrogens is 2. The molecule has 1 fully saturated rings. The number of fused-ring (bicyclic) bond motifs is 3. The third kappa shape index (κ3) is 2.78. The number of benzene rings is 1. The van der Waals surface area contributed by atoms with Gasteiger partial charge in [0, 0.05) is 29.2 Å². The van der Waals surface area contributed by atoms with Crippen molar-refractivity contribution >= 4 is 28.5 Å². The van der Waals surface area contributed by atoms with E-state index in [-0.39, 0.29) is 18.1 Å². The number of aliphatic hydroxyl groups excluding tert-OH is 1. The van der Waals surface area contributed by atoms with Gasteiger partial charge in [0.05, 0.1) is 15.5 Å². The van der Waals surface area contributed by atoms with Gasteiger partial charge in [0.25, 0.3) is 5.91 Å². The van der Waals surface area contributed by atoms with E-state index < -0.39 is 0 Å². The van der Waals surface area contributed by atoms with Crippen LogP contribution in [0.4, 0.5) is 0 Å². The molecule has 2 aliphatic rings. The molecule has 0 bridgehead atoms. The van der Waals surface area contributed by atoms with Crippen molar-refractivity contribution < 1.29 is 9.90 Å². The van der Waals surface area contributed by atoms with Crippen LogP contribution in [0.3, 0.4) is 0 Å². The fourth-order valence-electron chi connectivity index (χ4n) is 3.50. The Morgan fingerprint density at radius 1 is 1.30 bits per heavy atom. The zero-order valence-corrected chi connectivity index (χ0v) is 14.8. The van der Waals surface area contributed by atoms with Crippen molar-refractivity contribution in [3.8, 4) is 11.3 Å². The molecule has 1 aromatic carbocycles. The van der Waals surface area contributed by atoms with E-state index in [1.807, 2.05) is 18.2 Å². The van der Waals surface area contributed by atoms with Crippen LogP contribution in [0.2, 0.25) is 0 Å². The number of nitrogens with one attached hydrogen (secondary N) is 2. The second-order valence-corrected chi connectivity index (χ2v) is 7.47. The van der Waals surface area contributed by atoms with Gasteiger partial charge in [0.15, 0.2) is 0 Å². The molecule has 120 valence electrons. The van der Waals surface area contributed by atoms with Gasteiger partial charge in [-0.1, -0.05) is 6.07 Å². The summed E-state index contributed by atoms with van der Waals surface area (Å²) in [5, 5.41) is 20.0. The lowest BCUT2D eigenvalue weighted by atomic mass is 9.93. The number of H-pyrrole nitrogens is 1. The SMILES string of the molecule is O=C(NC1CCC(O)CC1)c1ccc2c(c1)-c1n[nH]c(I)c1C2. The Hall–Kier alpha value is -1.41. The first kappa shape index (κ1) is 15.1. The quantitative estimate of drug-likeness (QED) is 0.555. The summed E-state index contributed by atoms with van der Waals surface area (Å²) in [6, 6.07) is 6.05. The highest BCUT2D eigenvalue weighted by Gasteiger charge is 2.26. The summed E-state index contributed by atoms with van der Waals surface area (Å²) >= 11 is 2.26. The second-order valence-electron chi connectivity index (χ2n) is 6.39. The van der Waals surface area contributed by atoms with Crippen LogP contribution in [0, 0.1) is 3.70 Å². The predicted octanol–water partition coefficient (Wildman–Crippen LogP) is 2.62. The first-order valence-electron chi connectivity index (χ1n) is 7.97. The number of nitrogens with zero attached hydrogens (tertiary/aromatic N) is 1. The Morgan fingerprint density at radius 2 is 2.09 bits per heavy atom. The first-order valence-corrected chi connectivity index (χ1v) is 9.04. The van der Waals surface area contributed by atoms with Gasteiger partial charge >= 0.3 is 0 Å². The molecule has 2 aliphatic carbocycles. The van der Waals surface area contributed by atoms with Crippen LogP contribution in [0.1, 0.15) is 47.2 Å². The molecule has 0 saturated heterocycles. The number of rotatable bonds is 2. The fourth-order valence-corrected chi connectivity index (χ4v) is 4.07. The molecule has 3 N–H and O–H groups in total. The van der Waals surface area contributed by atoms with Gasteiger partial charge < -0.3 is 10.4 Å². The van der Waals surface area contributed by atoms with Gasteiger partial charge in [-0.15, -0.1) is 0 Å². The Kier molecular flexibility index (Phi) is 3.88. The zero-order chi connectivity index (χ0) is 16.0. The monoisotopic (exact) mass is 423 g/mol. The summed E-state index contributed by atoms with van der Waals surface area (Å²) < 4.78 is 1.07. The lowest BCUT2D eigenvalue weighted by Crippen LogP contribution is -2.38. The minimum atomic E-state index is -0.205. The van der Waals surface area contributed by atoms with Crippen LogP contribution in [0.5, 0.6) is 0 Å². The average molecular weight is 423 g/mol. The molecule has 0 unspecified atom stereocenters. The lowest BCUT2D eigenvalue weighted by Gasteiger charge is -2.26. The van der Waals surface area contributed by atoms with Gasteiger partial charge in [0.1, 0.15) is 0 Å². The Morgan fingerprint density at radius 3 is 2.87 bits per heavy atom. The summed E-state index contributed by atoms with van der Waals surface area (Å²) in [7, 11) is 0. The molecule has 1 saturated carbocycles. The molecule has 0 spiro atoms. The normalized spacial score (nSPS) is 22.5. The Bertz CT molecular complexity index is 763. The number of hydrogen-bond acceptors (Lipinski definition) is 3. The molecule has 2 aromatic rings. The third-order valence-corrected chi connectivity index (χ3v) is 5.74. The van der Waals surface area contributed by atoms with Crippen molar-refractivity contribution in [3.05, 3.63) is 38.6 Å². The minimum Gasteiger partial charge on any atom is -0.393 e. The van der Waals surface area contributed by atoms with E-state index in [1.165, 1.54) is 11.1 Å². The smallest absolute Gasteiger partial charge is 0.251 e. The van der Waals surface area contributed by atoms with Gasteiger partial charge in [0.2, 0.25) is 0 Å². The Balaban J connectivity index is 1.54. The van der Waals surface area contributed by atoms with Crippen LogP contribution in [0.15, 0.2) is 18.2 Å². The largest absolute Gasteiger partial charge is 0.393 e. The number of hydrogen-bond donors (Lipinski definition) is 3. The molecule has 23 heavy (non-hydrogen) atoms. The highest BCUT2D eigenvalue weighted by atomic mass is 127. The lowest BCUT2D eigenvalue weighted by molar-refractivity contribution is 0.0867. The summed E-state index contributed by atoms with van der Waals surface area (Å²) in [6.07, 6.45) is 3.90. The number of halogens is 1. The van der Waals surface area contributed by atoms with E-state index >= 15 is 0 Å². The summed E-state index contributed by atoms with van der Waals surface area (Å²) in [4.78, 5) is 12.5. The number of aromatic amines is 1. The average Bonchev–Trinajstić information content (AvgIpc) is 3.09. The molecule has 4 rings (SSSR count). The van der Waals surface area contributed by atoms with Crippen LogP contribution in [0.25, 0.3) is 11.3 Å². The fraction of sp³-hybridized carbons (Fsp3) is 0.412. The molecule has 6 heteroatoms. The predicted molar refractivity (Wildman–Crippen MR) is 95.3 cm³/mol. The standard InChI is InChI=1S/C17H18IN3O2/c18-16-14-7-9-1-2-10(8-13(9)15(14)20-21-16)17(23)19-11-3-5-12(22)6-4-11/h1-2,8,11-12,22H,3-7H2,(H,19,23)(H,20,21). The Labute approximate surface area is 148 Å². The van der Waals surface area contributed by atoms with Crippen molar-refractivity contribution in [1.29, 1.82) is 0 Å². The third-order valence-electron chi connectivity index (χ3n) is 4.84. The van der Waals surface area contributed by atoms with E-state index in [1.54, 1.807) is 0 Å². The first-order chi connectivity index (χ1) is 11.1. The van der Waals surface area contributed by atoms with E-state index in [9.17, 15) is 9.90 Å². The molecule has 5 nitrogen and oxygen atoms in total. The van der Waals surface area contributed by atoms with Crippen LogP contribution in [-0.4, -0.2) is 33.4 Å². The van der Waals surface area contributed by atoms with Crippen molar-refractivity contribution in [2.75, 3.05) is 0 Å². The number of carbonyl (C=O) groups is 1. The molecule has 0 aliphatic heterocycles. The molecule has 1 amide bonds. The van der Waals surface area contributed by atoms with E-state index in [0.29, 0.717) is 5.56 Å². The number of aliphatic hydroxyl groups is 1. The van der Waals surface area contributed by atoms with Crippen molar-refractivity contribution in [3.63, 3.8) is 0 Å². The van der Waals surface area contributed by atoms with E-state index in [4.69, 9.17) is 0 Å². The maximum Gasteiger partial charge on any atom is 0.251 e. The second kappa shape index (κ2) is 5.90. The molecule has 0 atom stereocenters. The van der Waals surface area contributed by atoms with E-state index in [0.717, 1.165) is 47.1 Å². The number of carbonyl (C=O) groups excluding carboxylic acids is 1. The zero-order valence-electron chi connectivity index (χ0n) is 12.6. The summed E-state index contributed by atoms with van der Waals surface area (Å²) in [5.74, 6) is -0.0344. The summed E-state index contributed by atoms with van der Waals surface area (Å²) in [6.45, 7) is 0. The maximum absolute atomic E-state index is 12.5.